The van der Waals surface area contributed by atoms with E-state index in [9.17, 15) is 14.4 Å². The van der Waals surface area contributed by atoms with Crippen LogP contribution in [0.2, 0.25) is 10.0 Å². The molecule has 0 aliphatic carbocycles. The van der Waals surface area contributed by atoms with Crippen LogP contribution in [0.5, 0.6) is 0 Å². The summed E-state index contributed by atoms with van der Waals surface area (Å²) in [6.45, 7) is 0.262. The van der Waals surface area contributed by atoms with Gasteiger partial charge in [0.15, 0.2) is 5.96 Å². The third-order valence-corrected chi connectivity index (χ3v) is 5.43. The van der Waals surface area contributed by atoms with Crippen LogP contribution in [0.1, 0.15) is 28.8 Å². The van der Waals surface area contributed by atoms with E-state index in [0.29, 0.717) is 11.4 Å². The fourth-order valence-electron chi connectivity index (χ4n) is 3.00. The van der Waals surface area contributed by atoms with Gasteiger partial charge in [-0.15, -0.1) is 0 Å². The molecule has 11 heteroatoms. The minimum atomic E-state index is -0.973. The van der Waals surface area contributed by atoms with Crippen molar-refractivity contribution in [2.75, 3.05) is 6.54 Å². The largest absolute Gasteiger partial charge is 0.370 e. The van der Waals surface area contributed by atoms with Gasteiger partial charge in [0.05, 0.1) is 10.0 Å². The smallest absolute Gasteiger partial charge is 0.251 e. The summed E-state index contributed by atoms with van der Waals surface area (Å²) in [7, 11) is 0. The molecule has 9 nitrogen and oxygen atoms in total. The van der Waals surface area contributed by atoms with Crippen molar-refractivity contribution < 1.29 is 14.4 Å². The average molecular weight is 493 g/mol. The van der Waals surface area contributed by atoms with Crippen LogP contribution in [0.4, 0.5) is 0 Å². The first-order valence-electron chi connectivity index (χ1n) is 10.1. The predicted molar refractivity (Wildman–Crippen MR) is 129 cm³/mol. The molecule has 0 aromatic heterocycles. The first kappa shape index (κ1) is 26.0. The molecule has 0 spiro atoms. The van der Waals surface area contributed by atoms with Crippen LogP contribution in [0.15, 0.2) is 53.5 Å². The summed E-state index contributed by atoms with van der Waals surface area (Å²) in [5.41, 5.74) is 17.2. The number of carbonyl (C=O) groups excluding carboxylic acids is 3. The Morgan fingerprint density at radius 3 is 2.21 bits per heavy atom. The number of carbonyl (C=O) groups is 3. The molecule has 2 aromatic rings. The number of aliphatic imine (C=N–C) groups is 1. The maximum atomic E-state index is 13.0. The Balaban J connectivity index is 2.14. The molecule has 0 aliphatic heterocycles. The Morgan fingerprint density at radius 1 is 0.909 bits per heavy atom. The maximum Gasteiger partial charge on any atom is 0.251 e. The molecule has 0 radical (unpaired) electrons. The van der Waals surface area contributed by atoms with Crippen molar-refractivity contribution in [1.29, 1.82) is 0 Å². The van der Waals surface area contributed by atoms with E-state index in [-0.39, 0.29) is 35.9 Å². The molecule has 0 saturated carbocycles. The Labute approximate surface area is 201 Å². The van der Waals surface area contributed by atoms with Gasteiger partial charge in [-0.05, 0) is 36.6 Å². The monoisotopic (exact) mass is 492 g/mol. The number of amides is 3. The van der Waals surface area contributed by atoms with E-state index in [2.05, 4.69) is 15.6 Å². The normalized spacial score (nSPS) is 12.3. The SMILES string of the molecule is NC(=O)[C@H](Cc1ccccc1)NC(=O)[C@H](CCCN=C(N)N)NC(=O)c1ccc(Cl)c(Cl)c1. The van der Waals surface area contributed by atoms with Crippen LogP contribution in [0.3, 0.4) is 0 Å². The van der Waals surface area contributed by atoms with Crippen molar-refractivity contribution in [2.45, 2.75) is 31.3 Å². The van der Waals surface area contributed by atoms with Gasteiger partial charge in [-0.3, -0.25) is 19.4 Å². The molecular formula is C22H26Cl2N6O3. The average Bonchev–Trinajstić information content (AvgIpc) is 2.77. The lowest BCUT2D eigenvalue weighted by atomic mass is 10.0. The molecule has 2 rings (SSSR count). The van der Waals surface area contributed by atoms with E-state index in [1.54, 1.807) is 0 Å². The topological polar surface area (TPSA) is 166 Å². The second-order valence-corrected chi connectivity index (χ2v) is 8.07. The molecule has 176 valence electrons. The van der Waals surface area contributed by atoms with Crippen LogP contribution in [-0.2, 0) is 16.0 Å². The fraction of sp³-hybridized carbons (Fsp3) is 0.273. The van der Waals surface area contributed by atoms with E-state index < -0.39 is 29.8 Å². The lowest BCUT2D eigenvalue weighted by Gasteiger charge is -2.22. The highest BCUT2D eigenvalue weighted by Crippen LogP contribution is 2.22. The van der Waals surface area contributed by atoms with E-state index >= 15 is 0 Å². The van der Waals surface area contributed by atoms with Gasteiger partial charge in [0.1, 0.15) is 12.1 Å². The Bertz CT molecular complexity index is 1010. The first-order chi connectivity index (χ1) is 15.7. The van der Waals surface area contributed by atoms with E-state index in [1.165, 1.54) is 18.2 Å². The quantitative estimate of drug-likeness (QED) is 0.181. The third kappa shape index (κ3) is 8.63. The van der Waals surface area contributed by atoms with E-state index in [0.717, 1.165) is 5.56 Å². The van der Waals surface area contributed by atoms with Crippen molar-refractivity contribution in [1.82, 2.24) is 10.6 Å². The van der Waals surface area contributed by atoms with Crippen molar-refractivity contribution in [3.05, 3.63) is 69.7 Å². The summed E-state index contributed by atoms with van der Waals surface area (Å²) in [5.74, 6) is -1.86. The second kappa shape index (κ2) is 12.7. The molecule has 33 heavy (non-hydrogen) atoms. The molecule has 2 atom stereocenters. The molecule has 0 unspecified atom stereocenters. The molecule has 0 bridgehead atoms. The Hall–Kier alpha value is -3.30. The number of benzene rings is 2. The van der Waals surface area contributed by atoms with Gasteiger partial charge in [0.25, 0.3) is 5.91 Å². The van der Waals surface area contributed by atoms with Crippen molar-refractivity contribution in [2.24, 2.45) is 22.2 Å². The number of halogens is 2. The highest BCUT2D eigenvalue weighted by molar-refractivity contribution is 6.42. The van der Waals surface area contributed by atoms with Crippen molar-refractivity contribution in [3.8, 4) is 0 Å². The van der Waals surface area contributed by atoms with Crippen LogP contribution >= 0.6 is 23.2 Å². The number of nitrogens with zero attached hydrogens (tertiary/aromatic N) is 1. The molecule has 0 aliphatic rings. The van der Waals surface area contributed by atoms with Crippen LogP contribution < -0.4 is 27.8 Å². The number of guanidine groups is 1. The Kier molecular flexibility index (Phi) is 9.96. The highest BCUT2D eigenvalue weighted by atomic mass is 35.5. The summed E-state index contributed by atoms with van der Waals surface area (Å²) in [6, 6.07) is 11.6. The van der Waals surface area contributed by atoms with Gasteiger partial charge >= 0.3 is 0 Å². The van der Waals surface area contributed by atoms with Crippen LogP contribution in [0, 0.1) is 0 Å². The Morgan fingerprint density at radius 2 is 1.61 bits per heavy atom. The van der Waals surface area contributed by atoms with Crippen molar-refractivity contribution in [3.63, 3.8) is 0 Å². The zero-order valence-electron chi connectivity index (χ0n) is 17.8. The first-order valence-corrected chi connectivity index (χ1v) is 10.9. The van der Waals surface area contributed by atoms with E-state index in [4.69, 9.17) is 40.4 Å². The van der Waals surface area contributed by atoms with Crippen LogP contribution in [-0.4, -0.2) is 42.3 Å². The van der Waals surface area contributed by atoms with E-state index in [1.807, 2.05) is 30.3 Å². The molecule has 2 aromatic carbocycles. The summed E-state index contributed by atoms with van der Waals surface area (Å²) in [4.78, 5) is 41.6. The number of nitrogens with one attached hydrogen (secondary N) is 2. The standard InChI is InChI=1S/C22H26Cl2N6O3/c23-15-9-8-14(12-16(15)24)20(32)29-17(7-4-10-28-22(26)27)21(33)30-18(19(25)31)11-13-5-2-1-3-6-13/h1-3,5-6,8-9,12,17-18H,4,7,10-11H2,(H2,25,31)(H,29,32)(H,30,33)(H4,26,27,28)/t17-,18-/m0/s1. The zero-order chi connectivity index (χ0) is 24.4. The molecule has 8 N–H and O–H groups in total. The zero-order valence-corrected chi connectivity index (χ0v) is 19.3. The summed E-state index contributed by atoms with van der Waals surface area (Å²) < 4.78 is 0. The summed E-state index contributed by atoms with van der Waals surface area (Å²) >= 11 is 11.9. The van der Waals surface area contributed by atoms with Gasteiger partial charge in [-0.1, -0.05) is 53.5 Å². The minimum absolute atomic E-state index is 0.0764. The summed E-state index contributed by atoms with van der Waals surface area (Å²) in [5, 5.41) is 5.79. The number of primary amides is 1. The second-order valence-electron chi connectivity index (χ2n) is 7.26. The van der Waals surface area contributed by atoms with Gasteiger partial charge in [-0.25, -0.2) is 0 Å². The predicted octanol–water partition coefficient (Wildman–Crippen LogP) is 1.36. The molecule has 0 saturated heterocycles. The minimum Gasteiger partial charge on any atom is -0.370 e. The summed E-state index contributed by atoms with van der Waals surface area (Å²) in [6.07, 6.45) is 0.827. The highest BCUT2D eigenvalue weighted by Gasteiger charge is 2.26. The van der Waals surface area contributed by atoms with Gasteiger partial charge in [-0.2, -0.15) is 0 Å². The third-order valence-electron chi connectivity index (χ3n) is 4.69. The number of rotatable bonds is 11. The number of hydrogen-bond donors (Lipinski definition) is 5. The lowest BCUT2D eigenvalue weighted by Crippen LogP contribution is -2.53. The number of nitrogens with two attached hydrogens (primary N) is 3. The molecule has 0 heterocycles. The number of hydrogen-bond acceptors (Lipinski definition) is 4. The van der Waals surface area contributed by atoms with Gasteiger partial charge in [0, 0.05) is 18.5 Å². The van der Waals surface area contributed by atoms with Crippen LogP contribution in [0.25, 0.3) is 0 Å². The van der Waals surface area contributed by atoms with Gasteiger partial charge in [0.2, 0.25) is 11.8 Å². The molecular weight excluding hydrogens is 467 g/mol. The fourth-order valence-corrected chi connectivity index (χ4v) is 3.29. The van der Waals surface area contributed by atoms with Crippen molar-refractivity contribution >= 4 is 46.9 Å². The molecule has 3 amide bonds. The maximum absolute atomic E-state index is 13.0. The van der Waals surface area contributed by atoms with Gasteiger partial charge < -0.3 is 27.8 Å². The lowest BCUT2D eigenvalue weighted by molar-refractivity contribution is -0.128. The molecule has 0 fully saturated rings.